The van der Waals surface area contributed by atoms with Gasteiger partial charge in [-0.05, 0) is 54.2 Å². The second-order valence-corrected chi connectivity index (χ2v) is 7.53. The molecule has 0 atom stereocenters. The van der Waals surface area contributed by atoms with Gasteiger partial charge in [-0.25, -0.2) is 0 Å². The normalized spacial score (nSPS) is 9.73. The van der Waals surface area contributed by atoms with Crippen molar-refractivity contribution in [3.8, 4) is 11.8 Å². The lowest BCUT2D eigenvalue weighted by atomic mass is 10.1. The van der Waals surface area contributed by atoms with Gasteiger partial charge in [0.05, 0.1) is 11.6 Å². The number of hydrogen-bond acceptors (Lipinski definition) is 2. The number of ether oxygens (including phenoxy) is 1. The Balaban J connectivity index is 0.000000252. The summed E-state index contributed by atoms with van der Waals surface area (Å²) >= 11 is 0. The number of aryl methyl sites for hydroxylation is 3. The molecule has 0 saturated carbocycles. The van der Waals surface area contributed by atoms with Crippen LogP contribution in [0, 0.1) is 11.3 Å². The molecule has 4 heteroatoms. The van der Waals surface area contributed by atoms with Gasteiger partial charge in [0.2, 0.25) is 0 Å². The fraction of sp³-hybridized carbons (Fsp3) is 0.345. The molecule has 0 aromatic heterocycles. The third kappa shape index (κ3) is 12.4. The van der Waals surface area contributed by atoms with E-state index in [0.29, 0.717) is 5.75 Å². The van der Waals surface area contributed by atoms with Gasteiger partial charge in [0.25, 0.3) is 0 Å². The Morgan fingerprint density at radius 1 is 0.727 bits per heavy atom. The molecular formula is C29H35F2NO. The molecule has 0 saturated heterocycles. The summed E-state index contributed by atoms with van der Waals surface area (Å²) in [6.45, 7) is 3.60. The Labute approximate surface area is 197 Å². The zero-order valence-corrected chi connectivity index (χ0v) is 19.9. The average molecular weight is 452 g/mol. The van der Waals surface area contributed by atoms with Crippen LogP contribution in [0.2, 0.25) is 0 Å². The molecule has 2 nitrogen and oxygen atoms in total. The Morgan fingerprint density at radius 2 is 1.30 bits per heavy atom. The van der Waals surface area contributed by atoms with Crippen molar-refractivity contribution in [1.82, 2.24) is 0 Å². The van der Waals surface area contributed by atoms with E-state index in [1.165, 1.54) is 24.0 Å². The zero-order chi connectivity index (χ0) is 24.3. The van der Waals surface area contributed by atoms with Crippen molar-refractivity contribution in [3.05, 3.63) is 101 Å². The van der Waals surface area contributed by atoms with E-state index in [4.69, 9.17) is 5.26 Å². The smallest absolute Gasteiger partial charge is 0.387 e. The molecule has 33 heavy (non-hydrogen) atoms. The van der Waals surface area contributed by atoms with Gasteiger partial charge in [0.15, 0.2) is 0 Å². The molecule has 0 N–H and O–H groups in total. The van der Waals surface area contributed by atoms with Crippen molar-refractivity contribution in [2.45, 2.75) is 65.9 Å². The summed E-state index contributed by atoms with van der Waals surface area (Å²) < 4.78 is 28.2. The lowest BCUT2D eigenvalue weighted by Crippen LogP contribution is -2.04. The minimum atomic E-state index is -2.74. The van der Waals surface area contributed by atoms with Gasteiger partial charge in [0, 0.05) is 0 Å². The maximum Gasteiger partial charge on any atom is 0.387 e. The van der Waals surface area contributed by atoms with Gasteiger partial charge in [0.1, 0.15) is 5.75 Å². The van der Waals surface area contributed by atoms with E-state index in [2.05, 4.69) is 61.1 Å². The molecule has 0 amide bonds. The topological polar surface area (TPSA) is 33.0 Å². The first-order valence-electron chi connectivity index (χ1n) is 11.6. The standard InChI is InChI=1S/C10H12F2O.C10H11N.C9H12/c1-2-5-8-6-3-4-7-9(8)13-10(11)12;1-2-4-9-5-3-6-10(7-9)8-11;1-2-6-9-7-4-3-5-8-9/h3-4,6-7,10H,2,5H2,1H3;3,5-7H,2,4H2,1H3;3-5,7-8H,2,6H2,1H3. The van der Waals surface area contributed by atoms with Crippen LogP contribution in [0.25, 0.3) is 0 Å². The molecule has 0 unspecified atom stereocenters. The lowest BCUT2D eigenvalue weighted by molar-refractivity contribution is -0.0504. The van der Waals surface area contributed by atoms with Gasteiger partial charge in [-0.3, -0.25) is 0 Å². The molecule has 3 aromatic carbocycles. The fourth-order valence-corrected chi connectivity index (χ4v) is 3.21. The number of para-hydroxylation sites is 1. The highest BCUT2D eigenvalue weighted by Gasteiger charge is 2.07. The molecule has 0 aliphatic heterocycles. The van der Waals surface area contributed by atoms with Crippen molar-refractivity contribution in [2.75, 3.05) is 0 Å². The second-order valence-electron chi connectivity index (χ2n) is 7.53. The summed E-state index contributed by atoms with van der Waals surface area (Å²) in [7, 11) is 0. The fourth-order valence-electron chi connectivity index (χ4n) is 3.21. The summed E-state index contributed by atoms with van der Waals surface area (Å²) in [5.41, 5.74) is 4.30. The first-order valence-corrected chi connectivity index (χ1v) is 11.6. The highest BCUT2D eigenvalue weighted by molar-refractivity contribution is 5.33. The molecule has 0 radical (unpaired) electrons. The second kappa shape index (κ2) is 17.4. The number of rotatable bonds is 8. The Hall–Kier alpha value is -3.19. The predicted octanol–water partition coefficient (Wildman–Crippen LogP) is 8.39. The van der Waals surface area contributed by atoms with Crippen LogP contribution in [0.1, 0.15) is 62.3 Å². The van der Waals surface area contributed by atoms with E-state index in [9.17, 15) is 8.78 Å². The highest BCUT2D eigenvalue weighted by atomic mass is 19.3. The molecule has 0 heterocycles. The summed E-state index contributed by atoms with van der Waals surface area (Å²) in [5.74, 6) is 0.291. The van der Waals surface area contributed by atoms with Crippen LogP contribution in [0.4, 0.5) is 8.78 Å². The number of benzene rings is 3. The van der Waals surface area contributed by atoms with E-state index in [1.807, 2.05) is 31.2 Å². The Morgan fingerprint density at radius 3 is 1.91 bits per heavy atom. The number of hydrogen-bond donors (Lipinski definition) is 0. The largest absolute Gasteiger partial charge is 0.435 e. The van der Waals surface area contributed by atoms with E-state index in [0.717, 1.165) is 36.8 Å². The first kappa shape index (κ1) is 27.8. The Bertz CT molecular complexity index is 936. The average Bonchev–Trinajstić information content (AvgIpc) is 2.82. The molecular weight excluding hydrogens is 416 g/mol. The maximum absolute atomic E-state index is 11.9. The van der Waals surface area contributed by atoms with Gasteiger partial charge in [-0.1, -0.05) is 101 Å². The van der Waals surface area contributed by atoms with Crippen LogP contribution in [0.15, 0.2) is 78.9 Å². The van der Waals surface area contributed by atoms with E-state index < -0.39 is 6.61 Å². The van der Waals surface area contributed by atoms with E-state index >= 15 is 0 Å². The number of halogens is 2. The number of nitrogens with zero attached hydrogens (tertiary/aromatic N) is 1. The maximum atomic E-state index is 11.9. The summed E-state index contributed by atoms with van der Waals surface area (Å²) in [6.07, 6.45) is 6.34. The van der Waals surface area contributed by atoms with Gasteiger partial charge in [-0.15, -0.1) is 0 Å². The van der Waals surface area contributed by atoms with Crippen LogP contribution in [0.3, 0.4) is 0 Å². The molecule has 0 aliphatic rings. The molecule has 0 aliphatic carbocycles. The Kier molecular flexibility index (Phi) is 14.7. The van der Waals surface area contributed by atoms with Crippen LogP contribution in [-0.2, 0) is 19.3 Å². The molecule has 0 bridgehead atoms. The SMILES string of the molecule is CCCc1cccc(C#N)c1.CCCc1ccccc1.CCCc1ccccc1OC(F)F. The van der Waals surface area contributed by atoms with Crippen molar-refractivity contribution in [2.24, 2.45) is 0 Å². The quantitative estimate of drug-likeness (QED) is 0.344. The monoisotopic (exact) mass is 451 g/mol. The van der Waals surface area contributed by atoms with Crippen LogP contribution in [0.5, 0.6) is 5.75 Å². The number of alkyl halides is 2. The van der Waals surface area contributed by atoms with Crippen LogP contribution >= 0.6 is 0 Å². The van der Waals surface area contributed by atoms with Crippen molar-refractivity contribution in [1.29, 1.82) is 5.26 Å². The third-order valence-corrected chi connectivity index (χ3v) is 4.68. The molecule has 3 aromatic rings. The molecule has 0 spiro atoms. The van der Waals surface area contributed by atoms with Crippen molar-refractivity contribution < 1.29 is 13.5 Å². The number of nitriles is 1. The van der Waals surface area contributed by atoms with Gasteiger partial charge in [-0.2, -0.15) is 14.0 Å². The van der Waals surface area contributed by atoms with Crippen molar-refractivity contribution >= 4 is 0 Å². The minimum Gasteiger partial charge on any atom is -0.435 e. The predicted molar refractivity (Wildman–Crippen MR) is 133 cm³/mol. The summed E-state index contributed by atoms with van der Waals surface area (Å²) in [5, 5.41) is 8.58. The van der Waals surface area contributed by atoms with Gasteiger partial charge < -0.3 is 4.74 Å². The molecule has 176 valence electrons. The van der Waals surface area contributed by atoms with Crippen molar-refractivity contribution in [3.63, 3.8) is 0 Å². The lowest BCUT2D eigenvalue weighted by Gasteiger charge is -2.08. The van der Waals surface area contributed by atoms with Crippen LogP contribution in [-0.4, -0.2) is 6.61 Å². The van der Waals surface area contributed by atoms with Gasteiger partial charge >= 0.3 is 6.61 Å². The van der Waals surface area contributed by atoms with E-state index in [1.54, 1.807) is 18.2 Å². The highest BCUT2D eigenvalue weighted by Crippen LogP contribution is 2.21. The summed E-state index contributed by atoms with van der Waals surface area (Å²) in [6, 6.07) is 27.4. The van der Waals surface area contributed by atoms with E-state index in [-0.39, 0.29) is 0 Å². The summed E-state index contributed by atoms with van der Waals surface area (Å²) in [4.78, 5) is 0. The molecule has 0 fully saturated rings. The first-order chi connectivity index (χ1) is 16.0. The van der Waals surface area contributed by atoms with Crippen LogP contribution < -0.4 is 4.74 Å². The molecule has 3 rings (SSSR count). The minimum absolute atomic E-state index is 0.291. The zero-order valence-electron chi connectivity index (χ0n) is 19.9. The third-order valence-electron chi connectivity index (χ3n) is 4.68.